The minimum absolute atomic E-state index is 0.00323. The standard InChI is InChI=1S/C57H42Cl2N4O12/c1-5-61-42-22-46-38(17-27(42)3)48(37-16-26(2)31(24-60-4)19-44(37)74-46)49-41(58)21-39(51(59)50(49)57(72)73)54(67)62-23-28-6-8-29(9-7-28)53(66)63-25-40-43(65)15-14-35-47(34-13-11-32(64)20-45(34)75-52(35)40)33-12-10-30(55(68)69)18-36(33)56(70)71/h6-22,61,64H,5,23,25H2,1-4H3,(H,62,67)(H,63,66)(H,68,69)(H,70,71)(H,72,73). The molecule has 75 heavy (non-hydrogen) atoms. The van der Waals surface area contributed by atoms with Crippen LogP contribution in [0, 0.1) is 13.8 Å². The number of nitrogens with zero attached hydrogens (tertiary/aromatic N) is 1. The number of aryl methyl sites for hydroxylation is 2. The van der Waals surface area contributed by atoms with E-state index in [-0.39, 0.29) is 90.3 Å². The number of ether oxygens (including phenoxy) is 1. The molecular weight excluding hydrogens is 1000 g/mol. The van der Waals surface area contributed by atoms with Crippen LogP contribution in [-0.2, 0) is 13.1 Å². The number of rotatable bonds is 13. The van der Waals surface area contributed by atoms with Crippen LogP contribution in [0.4, 0.5) is 5.69 Å². The number of halogens is 2. The Hall–Kier alpha value is -9.21. The van der Waals surface area contributed by atoms with Crippen LogP contribution in [0.1, 0.15) is 92.1 Å². The second-order valence-corrected chi connectivity index (χ2v) is 18.2. The highest BCUT2D eigenvalue weighted by Gasteiger charge is 2.32. The van der Waals surface area contributed by atoms with Crippen molar-refractivity contribution in [3.8, 4) is 39.7 Å². The number of aliphatic imine (C=N–C) groups is 1. The summed E-state index contributed by atoms with van der Waals surface area (Å²) in [6.07, 6.45) is 0. The quantitative estimate of drug-likeness (QED) is 0.0421. The molecule has 2 heterocycles. The van der Waals surface area contributed by atoms with E-state index >= 15 is 0 Å². The van der Waals surface area contributed by atoms with Gasteiger partial charge in [-0.15, -0.1) is 0 Å². The van der Waals surface area contributed by atoms with Gasteiger partial charge in [0.05, 0.1) is 44.4 Å². The van der Waals surface area contributed by atoms with Crippen molar-refractivity contribution in [1.82, 2.24) is 10.6 Å². The number of carbonyl (C=O) groups is 5. The first-order valence-corrected chi connectivity index (χ1v) is 23.8. The molecular formula is C57H42Cl2N4O12. The predicted molar refractivity (Wildman–Crippen MR) is 282 cm³/mol. The zero-order chi connectivity index (χ0) is 53.6. The third-order valence-corrected chi connectivity index (χ3v) is 13.4. The van der Waals surface area contributed by atoms with Crippen LogP contribution >= 0.6 is 23.2 Å². The largest absolute Gasteiger partial charge is 0.508 e. The van der Waals surface area contributed by atoms with Crippen LogP contribution in [0.2, 0.25) is 10.0 Å². The van der Waals surface area contributed by atoms with E-state index < -0.39 is 40.7 Å². The van der Waals surface area contributed by atoms with Gasteiger partial charge in [-0.1, -0.05) is 41.4 Å². The van der Waals surface area contributed by atoms with Gasteiger partial charge >= 0.3 is 17.9 Å². The highest BCUT2D eigenvalue weighted by Crippen LogP contribution is 2.46. The summed E-state index contributed by atoms with van der Waals surface area (Å²) < 4.78 is 12.6. The first kappa shape index (κ1) is 50.7. The monoisotopic (exact) mass is 1040 g/mol. The van der Waals surface area contributed by atoms with E-state index in [1.165, 1.54) is 60.7 Å². The maximum Gasteiger partial charge on any atom is 0.337 e. The number of fused-ring (bicyclic) bond motifs is 4. The van der Waals surface area contributed by atoms with Gasteiger partial charge in [-0.25, -0.2) is 19.4 Å². The van der Waals surface area contributed by atoms with E-state index in [9.17, 15) is 49.2 Å². The molecule has 6 aromatic carbocycles. The summed E-state index contributed by atoms with van der Waals surface area (Å²) in [5.41, 5.74) is 3.30. The average molecular weight is 1050 g/mol. The molecule has 0 spiro atoms. The summed E-state index contributed by atoms with van der Waals surface area (Å²) in [5.74, 6) is -1.89. The predicted octanol–water partition coefficient (Wildman–Crippen LogP) is 8.90. The van der Waals surface area contributed by atoms with Gasteiger partial charge in [0.15, 0.2) is 5.43 Å². The van der Waals surface area contributed by atoms with Crippen molar-refractivity contribution in [2.24, 2.45) is 4.99 Å². The van der Waals surface area contributed by atoms with Gasteiger partial charge in [-0.3, -0.25) is 14.4 Å². The third kappa shape index (κ3) is 9.52. The first-order chi connectivity index (χ1) is 35.9. The molecule has 0 aromatic heterocycles. The zero-order valence-electron chi connectivity index (χ0n) is 40.2. The number of hydrogen-bond donors (Lipinski definition) is 7. The summed E-state index contributed by atoms with van der Waals surface area (Å²) in [5, 5.41) is 50.8. The Morgan fingerprint density at radius 1 is 0.693 bits per heavy atom. The SMILES string of the molecule is CCNc1cc2c(cc1C)C(c1c(Cl)cc(C(=O)NCc3ccc(C(=O)NCc4c5oc6cc(O)ccc6c(-c6ccc(C(=O)O)cc6C(=O)O)c-5ccc4=O)cc3)c(Cl)c1C(=O)O)=c1cc(C)c(=C=NC)cc1O2. The van der Waals surface area contributed by atoms with Crippen molar-refractivity contribution >= 4 is 81.0 Å². The number of carboxylic acids is 3. The molecule has 2 aliphatic heterocycles. The van der Waals surface area contributed by atoms with Crippen molar-refractivity contribution in [3.63, 3.8) is 0 Å². The minimum Gasteiger partial charge on any atom is -0.508 e. The number of amides is 2. The highest BCUT2D eigenvalue weighted by molar-refractivity contribution is 6.40. The first-order valence-electron chi connectivity index (χ1n) is 23.1. The van der Waals surface area contributed by atoms with Gasteiger partial charge in [0.25, 0.3) is 11.8 Å². The lowest BCUT2D eigenvalue weighted by atomic mass is 9.87. The fourth-order valence-electron chi connectivity index (χ4n) is 9.16. The Labute approximate surface area is 435 Å². The van der Waals surface area contributed by atoms with Gasteiger partial charge in [0, 0.05) is 87.2 Å². The Bertz CT molecular complexity index is 3990. The van der Waals surface area contributed by atoms with E-state index in [2.05, 4.69) is 26.8 Å². The maximum absolute atomic E-state index is 13.9. The molecule has 376 valence electrons. The molecule has 1 aliphatic carbocycles. The molecule has 16 nitrogen and oxygen atoms in total. The van der Waals surface area contributed by atoms with Crippen molar-refractivity contribution in [2.75, 3.05) is 18.9 Å². The number of aromatic carboxylic acids is 3. The molecule has 3 aliphatic rings. The molecule has 2 amide bonds. The lowest BCUT2D eigenvalue weighted by Gasteiger charge is -2.25. The normalized spacial score (nSPS) is 11.5. The van der Waals surface area contributed by atoms with E-state index in [0.717, 1.165) is 22.9 Å². The lowest BCUT2D eigenvalue weighted by Crippen LogP contribution is -2.27. The number of carboxylic acid groups (broad SMARTS) is 3. The van der Waals surface area contributed by atoms with E-state index in [4.69, 9.17) is 32.4 Å². The Kier molecular flexibility index (Phi) is 13.8. The number of aromatic hydroxyl groups is 1. The summed E-state index contributed by atoms with van der Waals surface area (Å²) in [6, 6.07) is 25.3. The van der Waals surface area contributed by atoms with Gasteiger partial charge in [0.1, 0.15) is 28.6 Å². The van der Waals surface area contributed by atoms with Gasteiger partial charge < -0.3 is 45.5 Å². The summed E-state index contributed by atoms with van der Waals surface area (Å²) in [6.45, 7) is 5.95. The Morgan fingerprint density at radius 3 is 2.11 bits per heavy atom. The highest BCUT2D eigenvalue weighted by atomic mass is 35.5. The molecule has 18 heteroatoms. The number of hydrogen-bond acceptors (Lipinski definition) is 11. The molecule has 0 saturated carbocycles. The maximum atomic E-state index is 13.9. The van der Waals surface area contributed by atoms with Gasteiger partial charge in [-0.05, 0) is 122 Å². The molecule has 9 rings (SSSR count). The van der Waals surface area contributed by atoms with Crippen LogP contribution in [0.3, 0.4) is 0 Å². The molecule has 0 radical (unpaired) electrons. The molecule has 0 atom stereocenters. The van der Waals surface area contributed by atoms with Crippen molar-refractivity contribution < 1.29 is 53.6 Å². The van der Waals surface area contributed by atoms with Crippen LogP contribution in [0.5, 0.6) is 17.2 Å². The van der Waals surface area contributed by atoms with Gasteiger partial charge in [-0.2, -0.15) is 0 Å². The molecule has 0 fully saturated rings. The van der Waals surface area contributed by atoms with Crippen LogP contribution in [0.15, 0.2) is 117 Å². The van der Waals surface area contributed by atoms with Crippen LogP contribution in [-0.4, -0.2) is 69.6 Å². The van der Waals surface area contributed by atoms with Crippen molar-refractivity contribution in [1.29, 1.82) is 0 Å². The number of phenolic OH excluding ortho intramolecular Hbond substituents is 1. The van der Waals surface area contributed by atoms with E-state index in [0.29, 0.717) is 50.6 Å². The molecule has 6 aromatic rings. The average Bonchev–Trinajstić information content (AvgIpc) is 3.37. The Balaban J connectivity index is 0.973. The topological polar surface area (TPSA) is 254 Å². The third-order valence-electron chi connectivity index (χ3n) is 12.7. The molecule has 0 bridgehead atoms. The summed E-state index contributed by atoms with van der Waals surface area (Å²) in [4.78, 5) is 82.4. The molecule has 7 N–H and O–H groups in total. The second kappa shape index (κ2) is 20.4. The fraction of sp³-hybridized carbons (Fsp3) is 0.123. The minimum atomic E-state index is -1.43. The summed E-state index contributed by atoms with van der Waals surface area (Å²) >= 11 is 14.0. The number of nitrogens with one attached hydrogen (secondary N) is 3. The van der Waals surface area contributed by atoms with Crippen molar-refractivity contribution in [3.05, 3.63) is 195 Å². The number of carbonyl (C=O) groups excluding carboxylic acids is 2. The number of benzene rings is 7. The zero-order valence-corrected chi connectivity index (χ0v) is 41.7. The molecule has 0 unspecified atom stereocenters. The van der Waals surface area contributed by atoms with Crippen molar-refractivity contribution in [2.45, 2.75) is 33.9 Å². The fourth-order valence-corrected chi connectivity index (χ4v) is 9.77. The summed E-state index contributed by atoms with van der Waals surface area (Å²) in [7, 11) is 1.60. The smallest absolute Gasteiger partial charge is 0.337 e. The second-order valence-electron chi connectivity index (χ2n) is 17.5. The Morgan fingerprint density at radius 2 is 1.41 bits per heavy atom. The van der Waals surface area contributed by atoms with E-state index in [1.807, 2.05) is 39.0 Å². The van der Waals surface area contributed by atoms with Gasteiger partial charge in [0.2, 0.25) is 0 Å². The number of phenols is 1. The van der Waals surface area contributed by atoms with E-state index in [1.54, 1.807) is 25.2 Å². The van der Waals surface area contributed by atoms with Crippen LogP contribution in [0.25, 0.3) is 39.0 Å². The molecule has 0 saturated heterocycles. The number of anilines is 1. The van der Waals surface area contributed by atoms with Crippen LogP contribution < -0.4 is 36.6 Å². The lowest BCUT2D eigenvalue weighted by molar-refractivity contribution is 0.0682.